The molecule has 1 aliphatic carbocycles. The zero-order valence-electron chi connectivity index (χ0n) is 38.5. The van der Waals surface area contributed by atoms with E-state index in [2.05, 4.69) is 25.9 Å². The van der Waals surface area contributed by atoms with E-state index in [-0.39, 0.29) is 50.4 Å². The van der Waals surface area contributed by atoms with Crippen molar-refractivity contribution in [1.82, 2.24) is 20.0 Å². The van der Waals surface area contributed by atoms with E-state index in [1.54, 1.807) is 35.8 Å². The highest BCUT2D eigenvalue weighted by atomic mass is 32.1. The van der Waals surface area contributed by atoms with Crippen LogP contribution in [-0.2, 0) is 46.2 Å². The van der Waals surface area contributed by atoms with Gasteiger partial charge in [0.2, 0.25) is 5.91 Å². The Morgan fingerprint density at radius 2 is 1.38 bits per heavy atom. The van der Waals surface area contributed by atoms with Gasteiger partial charge in [-0.1, -0.05) is 17.3 Å². The Hall–Kier alpha value is -4.64. The number of nitrogens with one attached hydrogen (secondary N) is 2. The highest BCUT2D eigenvalue weighted by molar-refractivity contribution is 7.14. The van der Waals surface area contributed by atoms with Crippen LogP contribution in [0, 0.1) is 5.82 Å². The number of amides is 2. The Bertz CT molecular complexity index is 2440. The summed E-state index contributed by atoms with van der Waals surface area (Å²) in [7, 11) is 0. The summed E-state index contributed by atoms with van der Waals surface area (Å²) in [6, 6.07) is 7.62. The van der Waals surface area contributed by atoms with Crippen LogP contribution in [0.5, 0.6) is 0 Å². The van der Waals surface area contributed by atoms with Gasteiger partial charge in [0.15, 0.2) is 24.0 Å². The van der Waals surface area contributed by atoms with Crippen LogP contribution in [0.15, 0.2) is 60.1 Å². The first kappa shape index (κ1) is 53.6. The van der Waals surface area contributed by atoms with Crippen LogP contribution in [0.2, 0.25) is 0 Å². The first-order valence-electron chi connectivity index (χ1n) is 23.2. The first-order chi connectivity index (χ1) is 34.4. The van der Waals surface area contributed by atoms with Crippen molar-refractivity contribution in [3.63, 3.8) is 0 Å². The Kier molecular flexibility index (Phi) is 17.3. The fraction of sp³-hybridized carbons (Fsp3) is 0.568. The number of thiazole rings is 1. The highest BCUT2D eigenvalue weighted by Crippen LogP contribution is 2.35. The predicted molar refractivity (Wildman–Crippen MR) is 250 cm³/mol. The molecule has 2 aromatic heterocycles. The molecular weight excluding hydrogens is 972 g/mol. The summed E-state index contributed by atoms with van der Waals surface area (Å²) in [6.45, 7) is -0.572. The van der Waals surface area contributed by atoms with Gasteiger partial charge < -0.3 is 98.8 Å². The van der Waals surface area contributed by atoms with Crippen LogP contribution < -0.4 is 45.0 Å². The molecule has 5 heterocycles. The van der Waals surface area contributed by atoms with Gasteiger partial charge in [-0.15, -0.1) is 16.4 Å². The number of carbonyl (C=O) groups excluding carboxylic acids is 2. The Balaban J connectivity index is 0.927. The molecule has 394 valence electrons. The lowest BCUT2D eigenvalue weighted by atomic mass is 9.84. The van der Waals surface area contributed by atoms with Gasteiger partial charge in [0.25, 0.3) is 5.91 Å². The molecule has 72 heavy (non-hydrogen) atoms. The minimum absolute atomic E-state index is 0.00663. The van der Waals surface area contributed by atoms with Gasteiger partial charge in [-0.2, -0.15) is 0 Å². The molecule has 19 atom stereocenters. The second-order valence-corrected chi connectivity index (χ2v) is 19.0. The number of nitrogens with zero attached hydrogens (tertiary/aromatic N) is 4. The number of benzene rings is 2. The molecule has 4 unspecified atom stereocenters. The average molecular weight is 1030 g/mol. The largest absolute Gasteiger partial charge is 0.389 e. The summed E-state index contributed by atoms with van der Waals surface area (Å²) in [4.78, 5) is 30.3. The lowest BCUT2D eigenvalue weighted by Gasteiger charge is -2.47. The second kappa shape index (κ2) is 23.3. The summed E-state index contributed by atoms with van der Waals surface area (Å²) < 4.78 is 51.2. The van der Waals surface area contributed by atoms with E-state index in [4.69, 9.17) is 62.8 Å². The van der Waals surface area contributed by atoms with E-state index in [0.29, 0.717) is 27.8 Å². The summed E-state index contributed by atoms with van der Waals surface area (Å²) in [6.07, 6.45) is -19.1. The van der Waals surface area contributed by atoms with Gasteiger partial charge in [0.05, 0.1) is 36.1 Å². The second-order valence-electron chi connectivity index (χ2n) is 18.1. The number of carbonyl (C=O) groups is 2. The van der Waals surface area contributed by atoms with E-state index in [9.17, 15) is 44.6 Å². The lowest BCUT2D eigenvalue weighted by molar-refractivity contribution is -0.306. The fourth-order valence-electron chi connectivity index (χ4n) is 8.93. The fourth-order valence-corrected chi connectivity index (χ4v) is 9.64. The summed E-state index contributed by atoms with van der Waals surface area (Å²) in [5, 5.41) is 81.6. The molecule has 0 radical (unpaired) electrons. The standard InChI is InChI=1S/C44H61FN12O14S/c45-19-6-4-17(5-7-19)40(65)54-44-53-24(16-72-44)18-2-1-3-20(10-18)52-28(58)9-8-21-14-57(56-55-21)15-27-38(70-42-30(51)35(63)33(61)26(13-47)67-42)36(64)43(68-27)71-39-31(59)22(48)11-23(49)37(39)69-41-29(50)34(62)32(60)25(12-46)66-41/h1-7,10,14,16,22-23,25-27,29-39,41-43,59-64H,8-9,11-13,15,46-51H2,(H,52,58)(H,53,54,65)/t22-,23+,25-,26-,27?,29-,30-,31+,32-,33-,34-,35-,36?,37-,38?,39-,41-,42-,43?/m1/s1. The molecule has 26 nitrogen and oxygen atoms in total. The van der Waals surface area contributed by atoms with Gasteiger partial charge in [-0.25, -0.2) is 14.1 Å². The number of aliphatic hydroxyl groups is 6. The minimum atomic E-state index is -1.68. The Labute approximate surface area is 414 Å². The third kappa shape index (κ3) is 12.0. The molecule has 8 rings (SSSR count). The highest BCUT2D eigenvalue weighted by Gasteiger charge is 2.54. The maximum Gasteiger partial charge on any atom is 0.257 e. The number of ether oxygens (including phenoxy) is 6. The summed E-state index contributed by atoms with van der Waals surface area (Å²) in [5.74, 6) is -1.25. The summed E-state index contributed by atoms with van der Waals surface area (Å²) >= 11 is 1.20. The van der Waals surface area contributed by atoms with Crippen molar-refractivity contribution < 1.29 is 73.0 Å². The number of nitrogens with two attached hydrogens (primary N) is 6. The molecule has 0 spiro atoms. The Morgan fingerprint density at radius 3 is 2.03 bits per heavy atom. The molecule has 3 aliphatic heterocycles. The molecule has 4 aliphatic rings. The third-order valence-corrected chi connectivity index (χ3v) is 13.8. The van der Waals surface area contributed by atoms with Gasteiger partial charge >= 0.3 is 0 Å². The molecule has 1 saturated carbocycles. The molecule has 28 heteroatoms. The van der Waals surface area contributed by atoms with E-state index >= 15 is 0 Å². The Morgan fingerprint density at radius 1 is 0.750 bits per heavy atom. The number of anilines is 2. The van der Waals surface area contributed by atoms with Crippen LogP contribution in [0.25, 0.3) is 11.3 Å². The van der Waals surface area contributed by atoms with Gasteiger partial charge in [0, 0.05) is 66.4 Å². The van der Waals surface area contributed by atoms with Crippen molar-refractivity contribution in [3.8, 4) is 11.3 Å². The molecular formula is C44H61FN12O14S. The zero-order valence-corrected chi connectivity index (χ0v) is 39.3. The van der Waals surface area contributed by atoms with E-state index < -0.39 is 128 Å². The van der Waals surface area contributed by atoms with Crippen LogP contribution in [-0.4, -0.2) is 192 Å². The maximum atomic E-state index is 13.3. The van der Waals surface area contributed by atoms with Crippen molar-refractivity contribution in [1.29, 1.82) is 0 Å². The quantitative estimate of drug-likeness (QED) is 0.0474. The van der Waals surface area contributed by atoms with Crippen molar-refractivity contribution in [2.24, 2.45) is 34.4 Å². The molecule has 20 N–H and O–H groups in total. The number of aryl methyl sites for hydroxylation is 1. The number of halogens is 1. The smallest absolute Gasteiger partial charge is 0.257 e. The third-order valence-electron chi connectivity index (χ3n) is 13.0. The van der Waals surface area contributed by atoms with E-state index in [1.165, 1.54) is 40.3 Å². The average Bonchev–Trinajstić information content (AvgIpc) is 4.10. The van der Waals surface area contributed by atoms with Crippen molar-refractivity contribution in [2.45, 2.75) is 142 Å². The van der Waals surface area contributed by atoms with Gasteiger partial charge in [0.1, 0.15) is 73.0 Å². The minimum Gasteiger partial charge on any atom is -0.389 e. The summed E-state index contributed by atoms with van der Waals surface area (Å²) in [5.41, 5.74) is 39.1. The van der Waals surface area contributed by atoms with E-state index in [0.717, 1.165) is 0 Å². The monoisotopic (exact) mass is 1030 g/mol. The topological polar surface area (TPSA) is 435 Å². The van der Waals surface area contributed by atoms with Gasteiger partial charge in [-0.3, -0.25) is 14.9 Å². The van der Waals surface area contributed by atoms with Gasteiger partial charge in [-0.05, 0) is 42.8 Å². The van der Waals surface area contributed by atoms with Crippen LogP contribution in [0.3, 0.4) is 0 Å². The molecule has 0 bridgehead atoms. The first-order valence-corrected chi connectivity index (χ1v) is 24.1. The van der Waals surface area contributed by atoms with E-state index in [1.807, 2.05) is 0 Å². The normalized spacial score (nSPS) is 36.0. The zero-order chi connectivity index (χ0) is 51.5. The molecule has 2 aromatic carbocycles. The molecule has 2 amide bonds. The number of aliphatic hydroxyl groups excluding tert-OH is 6. The van der Waals surface area contributed by atoms with Crippen molar-refractivity contribution >= 4 is 34.0 Å². The van der Waals surface area contributed by atoms with Crippen molar-refractivity contribution in [2.75, 3.05) is 23.7 Å². The molecule has 3 saturated heterocycles. The van der Waals surface area contributed by atoms with Crippen LogP contribution >= 0.6 is 11.3 Å². The van der Waals surface area contributed by atoms with Crippen LogP contribution in [0.1, 0.15) is 28.9 Å². The SMILES string of the molecule is NC[C@H]1O[C@H](OC2C(Cn3cc(CCC(=O)Nc4cccc(-c5csc(NC(=O)c6ccc(F)cc6)n5)c4)nn3)OC(O[C@@H]3[C@@H](O)[C@H](N)C[C@H](N)[C@H]3O[C@H]3O[C@H](CN)[C@@H](O)[C@H](O)[C@H]3N)C2O)[C@H](N)[C@@H](O)[C@@H]1O. The molecule has 4 fully saturated rings. The molecule has 4 aromatic rings. The number of aromatic nitrogens is 4. The predicted octanol–water partition coefficient (Wildman–Crippen LogP) is -4.51. The lowest BCUT2D eigenvalue weighted by Crippen LogP contribution is -2.68. The number of hydrogen-bond donors (Lipinski definition) is 14. The van der Waals surface area contributed by atoms with Crippen molar-refractivity contribution in [3.05, 3.63) is 77.2 Å². The van der Waals surface area contributed by atoms with Crippen LogP contribution in [0.4, 0.5) is 15.2 Å². The number of hydrogen-bond acceptors (Lipinski definition) is 24. The maximum absolute atomic E-state index is 13.3. The number of rotatable bonds is 17.